The highest BCUT2D eigenvalue weighted by atomic mass is 16.5. The van der Waals surface area contributed by atoms with Gasteiger partial charge in [0.1, 0.15) is 12.0 Å². The Kier molecular flexibility index (Phi) is 5.49. The molecule has 0 bridgehead atoms. The van der Waals surface area contributed by atoms with Gasteiger partial charge < -0.3 is 14.3 Å². The van der Waals surface area contributed by atoms with Crippen LogP contribution in [0.3, 0.4) is 0 Å². The van der Waals surface area contributed by atoms with Crippen LogP contribution in [0.2, 0.25) is 0 Å². The molecule has 1 aromatic carbocycles. The van der Waals surface area contributed by atoms with Crippen LogP contribution in [0.25, 0.3) is 5.57 Å². The lowest BCUT2D eigenvalue weighted by molar-refractivity contribution is -0.140. The van der Waals surface area contributed by atoms with Crippen molar-refractivity contribution in [2.24, 2.45) is 17.3 Å². The van der Waals surface area contributed by atoms with Crippen LogP contribution in [-0.4, -0.2) is 26.5 Å². The first-order valence-electron chi connectivity index (χ1n) is 9.44. The molecule has 0 aromatic heterocycles. The van der Waals surface area contributed by atoms with Crippen molar-refractivity contribution in [3.8, 4) is 5.75 Å². The van der Waals surface area contributed by atoms with E-state index < -0.39 is 0 Å². The summed E-state index contributed by atoms with van der Waals surface area (Å²) >= 11 is 0. The molecule has 2 aliphatic rings. The molecule has 2 aliphatic carbocycles. The SMILES string of the molecule is COC(=O)CCC[C@@H]1CC=C2c3ccc(OC)cc3CC[C@@H]2[C@@]1(C)C=O. The quantitative estimate of drug-likeness (QED) is 0.566. The normalized spacial score (nSPS) is 27.0. The largest absolute Gasteiger partial charge is 0.497 e. The number of fused-ring (bicyclic) bond motifs is 3. The van der Waals surface area contributed by atoms with Crippen molar-refractivity contribution in [2.45, 2.75) is 45.4 Å². The van der Waals surface area contributed by atoms with Gasteiger partial charge in [0.25, 0.3) is 0 Å². The number of aldehydes is 1. The summed E-state index contributed by atoms with van der Waals surface area (Å²) in [4.78, 5) is 23.6. The Bertz CT molecular complexity index is 721. The van der Waals surface area contributed by atoms with Gasteiger partial charge in [0.2, 0.25) is 0 Å². The molecule has 0 radical (unpaired) electrons. The minimum atomic E-state index is -0.377. The first kappa shape index (κ1) is 18.7. The van der Waals surface area contributed by atoms with E-state index in [1.165, 1.54) is 30.1 Å². The molecule has 0 fully saturated rings. The van der Waals surface area contributed by atoms with Crippen LogP contribution in [0.5, 0.6) is 5.75 Å². The first-order valence-corrected chi connectivity index (χ1v) is 9.44. The second-order valence-electron chi connectivity index (χ2n) is 7.66. The van der Waals surface area contributed by atoms with Crippen molar-refractivity contribution < 1.29 is 19.1 Å². The maximum Gasteiger partial charge on any atom is 0.305 e. The molecule has 0 N–H and O–H groups in total. The predicted octanol–water partition coefficient (Wildman–Crippen LogP) is 4.21. The van der Waals surface area contributed by atoms with Gasteiger partial charge in [-0.2, -0.15) is 0 Å². The summed E-state index contributed by atoms with van der Waals surface area (Å²) in [5.41, 5.74) is 3.51. The maximum absolute atomic E-state index is 12.2. The number of allylic oxidation sites excluding steroid dienone is 2. The molecular weight excluding hydrogens is 328 g/mol. The summed E-state index contributed by atoms with van der Waals surface area (Å²) in [6, 6.07) is 6.25. The molecule has 3 atom stereocenters. The fourth-order valence-corrected chi connectivity index (χ4v) is 4.74. The third-order valence-electron chi connectivity index (χ3n) is 6.37. The summed E-state index contributed by atoms with van der Waals surface area (Å²) in [5.74, 6) is 1.24. The van der Waals surface area contributed by atoms with Crippen molar-refractivity contribution in [2.75, 3.05) is 14.2 Å². The number of methoxy groups -OCH3 is 2. The van der Waals surface area contributed by atoms with E-state index in [9.17, 15) is 9.59 Å². The molecule has 1 aromatic rings. The van der Waals surface area contributed by atoms with E-state index in [2.05, 4.69) is 25.1 Å². The smallest absolute Gasteiger partial charge is 0.305 e. The van der Waals surface area contributed by atoms with E-state index in [0.29, 0.717) is 6.42 Å². The summed E-state index contributed by atoms with van der Waals surface area (Å²) in [7, 11) is 3.11. The summed E-state index contributed by atoms with van der Waals surface area (Å²) in [5, 5.41) is 0. The minimum absolute atomic E-state index is 0.176. The van der Waals surface area contributed by atoms with Gasteiger partial charge in [-0.05, 0) is 72.8 Å². The Balaban J connectivity index is 1.84. The molecule has 0 unspecified atom stereocenters. The van der Waals surface area contributed by atoms with E-state index in [4.69, 9.17) is 9.47 Å². The average molecular weight is 356 g/mol. The summed E-state index contributed by atoms with van der Waals surface area (Å²) < 4.78 is 10.1. The molecule has 0 aliphatic heterocycles. The monoisotopic (exact) mass is 356 g/mol. The molecule has 0 spiro atoms. The third kappa shape index (κ3) is 3.29. The van der Waals surface area contributed by atoms with Gasteiger partial charge in [-0.25, -0.2) is 0 Å². The molecule has 4 heteroatoms. The van der Waals surface area contributed by atoms with Gasteiger partial charge >= 0.3 is 5.97 Å². The first-order chi connectivity index (χ1) is 12.5. The second-order valence-corrected chi connectivity index (χ2v) is 7.66. The highest BCUT2D eigenvalue weighted by Crippen LogP contribution is 2.53. The van der Waals surface area contributed by atoms with Crippen molar-refractivity contribution in [3.05, 3.63) is 35.4 Å². The van der Waals surface area contributed by atoms with Gasteiger partial charge in [0.15, 0.2) is 0 Å². The number of rotatable bonds is 6. The molecule has 140 valence electrons. The van der Waals surface area contributed by atoms with Gasteiger partial charge in [0, 0.05) is 11.8 Å². The molecule has 0 heterocycles. The zero-order valence-corrected chi connectivity index (χ0v) is 15.9. The van der Waals surface area contributed by atoms with Crippen molar-refractivity contribution in [1.29, 1.82) is 0 Å². The lowest BCUT2D eigenvalue weighted by Crippen LogP contribution is -2.41. The van der Waals surface area contributed by atoms with Gasteiger partial charge in [-0.3, -0.25) is 4.79 Å². The van der Waals surface area contributed by atoms with Crippen molar-refractivity contribution in [1.82, 2.24) is 0 Å². The second kappa shape index (κ2) is 7.65. The standard InChI is InChI=1S/C22H28O4/c1-22(14-23)16(5-4-6-21(24)26-3)8-10-19-18-11-9-17(25-2)13-15(18)7-12-20(19)22/h9-11,13-14,16,20H,4-8,12H2,1-3H3/t16-,20+,22+/m1/s1. The van der Waals surface area contributed by atoms with Crippen LogP contribution in [0.4, 0.5) is 0 Å². The zero-order chi connectivity index (χ0) is 18.7. The van der Waals surface area contributed by atoms with Crippen LogP contribution in [0.15, 0.2) is 24.3 Å². The fraction of sp³-hybridized carbons (Fsp3) is 0.545. The van der Waals surface area contributed by atoms with Crippen LogP contribution in [-0.2, 0) is 20.7 Å². The van der Waals surface area contributed by atoms with Crippen molar-refractivity contribution in [3.63, 3.8) is 0 Å². The Hall–Kier alpha value is -2.10. The van der Waals surface area contributed by atoms with E-state index in [-0.39, 0.29) is 23.2 Å². The molecular formula is C22H28O4. The highest BCUT2D eigenvalue weighted by Gasteiger charge is 2.46. The molecule has 4 nitrogen and oxygen atoms in total. The molecule has 3 rings (SSSR count). The van der Waals surface area contributed by atoms with Gasteiger partial charge in [0.05, 0.1) is 14.2 Å². The lowest BCUT2D eigenvalue weighted by atomic mass is 9.56. The lowest BCUT2D eigenvalue weighted by Gasteiger charge is -2.46. The number of carbonyl (C=O) groups is 2. The number of carbonyl (C=O) groups excluding carboxylic acids is 2. The van der Waals surface area contributed by atoms with Crippen LogP contribution in [0.1, 0.15) is 50.2 Å². The fourth-order valence-electron chi connectivity index (χ4n) is 4.74. The Morgan fingerprint density at radius 1 is 1.35 bits per heavy atom. The molecule has 26 heavy (non-hydrogen) atoms. The van der Waals surface area contributed by atoms with Gasteiger partial charge in [-0.15, -0.1) is 0 Å². The number of esters is 1. The number of aryl methyl sites for hydroxylation is 1. The van der Waals surface area contributed by atoms with E-state index >= 15 is 0 Å². The van der Waals surface area contributed by atoms with Crippen LogP contribution < -0.4 is 4.74 Å². The average Bonchev–Trinajstić information content (AvgIpc) is 2.68. The predicted molar refractivity (Wildman–Crippen MR) is 101 cm³/mol. The van der Waals surface area contributed by atoms with Crippen LogP contribution in [0, 0.1) is 17.3 Å². The number of benzene rings is 1. The topological polar surface area (TPSA) is 52.6 Å². The van der Waals surface area contributed by atoms with E-state index in [0.717, 1.165) is 37.9 Å². The number of hydrogen-bond acceptors (Lipinski definition) is 4. The maximum atomic E-state index is 12.2. The molecule has 0 saturated heterocycles. The summed E-state index contributed by atoms with van der Waals surface area (Å²) in [6.45, 7) is 2.11. The van der Waals surface area contributed by atoms with Crippen LogP contribution >= 0.6 is 0 Å². The summed E-state index contributed by atoms with van der Waals surface area (Å²) in [6.07, 6.45) is 8.39. The minimum Gasteiger partial charge on any atom is -0.497 e. The Labute approximate surface area is 155 Å². The molecule has 0 amide bonds. The number of ether oxygens (including phenoxy) is 2. The zero-order valence-electron chi connectivity index (χ0n) is 15.9. The third-order valence-corrected chi connectivity index (χ3v) is 6.37. The Morgan fingerprint density at radius 3 is 2.85 bits per heavy atom. The van der Waals surface area contributed by atoms with E-state index in [1.807, 2.05) is 6.07 Å². The van der Waals surface area contributed by atoms with Gasteiger partial charge in [-0.1, -0.05) is 19.1 Å². The highest BCUT2D eigenvalue weighted by molar-refractivity contribution is 5.78. The van der Waals surface area contributed by atoms with E-state index in [1.54, 1.807) is 7.11 Å². The Morgan fingerprint density at radius 2 is 2.15 bits per heavy atom. The molecule has 0 saturated carbocycles. The van der Waals surface area contributed by atoms with Crippen molar-refractivity contribution >= 4 is 17.8 Å². The number of hydrogen-bond donors (Lipinski definition) is 0.